The molecule has 0 unspecified atom stereocenters. The van der Waals surface area contributed by atoms with Crippen LogP contribution in [0.3, 0.4) is 0 Å². The first-order valence-corrected chi connectivity index (χ1v) is 5.84. The zero-order valence-electron chi connectivity index (χ0n) is 5.23. The highest BCUT2D eigenvalue weighted by Crippen LogP contribution is 2.52. The van der Waals surface area contributed by atoms with Gasteiger partial charge in [0.2, 0.25) is 0 Å². The fourth-order valence-corrected chi connectivity index (χ4v) is 3.43. The zero-order chi connectivity index (χ0) is 5.83. The Morgan fingerprint density at radius 2 is 1.75 bits per heavy atom. The quantitative estimate of drug-likeness (QED) is 0.459. The van der Waals surface area contributed by atoms with Crippen molar-refractivity contribution >= 4 is 8.56 Å². The van der Waals surface area contributed by atoms with E-state index >= 15 is 0 Å². The van der Waals surface area contributed by atoms with Gasteiger partial charge < -0.3 is 8.85 Å². The predicted octanol–water partition coefficient (Wildman–Crippen LogP) is 1.23. The molecular formula is C5H10O2Si. The maximum absolute atomic E-state index is 5.54. The highest BCUT2D eigenvalue weighted by Gasteiger charge is 2.61. The van der Waals surface area contributed by atoms with Gasteiger partial charge in [0, 0.05) is 12.8 Å². The Balaban J connectivity index is 2.00. The third-order valence-electron chi connectivity index (χ3n) is 1.52. The van der Waals surface area contributed by atoms with Gasteiger partial charge >= 0.3 is 8.56 Å². The largest absolute Gasteiger partial charge is 0.366 e. The van der Waals surface area contributed by atoms with Gasteiger partial charge in [0.25, 0.3) is 0 Å². The predicted molar refractivity (Wildman–Crippen MR) is 31.6 cm³/mol. The maximum atomic E-state index is 5.54. The molecule has 0 aromatic rings. The zero-order valence-corrected chi connectivity index (χ0v) is 6.23. The molecule has 1 spiro atoms. The summed E-state index contributed by atoms with van der Waals surface area (Å²) in [4.78, 5) is 0. The van der Waals surface area contributed by atoms with Crippen LogP contribution < -0.4 is 0 Å². The van der Waals surface area contributed by atoms with Crippen LogP contribution in [-0.4, -0.2) is 14.3 Å². The Morgan fingerprint density at radius 3 is 1.88 bits per heavy atom. The van der Waals surface area contributed by atoms with E-state index in [0.29, 0.717) is 0 Å². The molecule has 1 saturated carbocycles. The van der Waals surface area contributed by atoms with Crippen molar-refractivity contribution in [2.45, 2.75) is 31.7 Å². The van der Waals surface area contributed by atoms with Crippen LogP contribution in [0, 0.1) is 0 Å². The van der Waals surface area contributed by atoms with Gasteiger partial charge in [-0.1, -0.05) is 0 Å². The maximum Gasteiger partial charge on any atom is 0.335 e. The van der Waals surface area contributed by atoms with Crippen LogP contribution >= 0.6 is 0 Å². The van der Waals surface area contributed by atoms with E-state index in [1.165, 1.54) is 0 Å². The molecule has 8 heavy (non-hydrogen) atoms. The van der Waals surface area contributed by atoms with Gasteiger partial charge in [0.1, 0.15) is 0 Å². The van der Waals surface area contributed by atoms with Gasteiger partial charge in [-0.3, -0.25) is 0 Å². The second kappa shape index (κ2) is 1.03. The first-order valence-electron chi connectivity index (χ1n) is 3.02. The first kappa shape index (κ1) is 4.96. The van der Waals surface area contributed by atoms with Crippen molar-refractivity contribution in [2.24, 2.45) is 0 Å². The molecule has 46 valence electrons. The summed E-state index contributed by atoms with van der Waals surface area (Å²) in [6, 6.07) is 0. The highest BCUT2D eigenvalue weighted by atomic mass is 28.4. The van der Waals surface area contributed by atoms with Crippen molar-refractivity contribution in [3.8, 4) is 0 Å². The molecule has 2 nitrogen and oxygen atoms in total. The molecule has 2 aliphatic rings. The molecule has 2 rings (SSSR count). The standard InChI is InChI=1S/C5H10O2Si/c1-8(2)6-5(7-8)3-4-5/h3-4H2,1-2H3. The monoisotopic (exact) mass is 130 g/mol. The summed E-state index contributed by atoms with van der Waals surface area (Å²) in [5.41, 5.74) is 0. The molecule has 1 saturated heterocycles. The molecule has 0 aromatic carbocycles. The molecule has 1 aliphatic carbocycles. The molecule has 0 radical (unpaired) electrons. The summed E-state index contributed by atoms with van der Waals surface area (Å²) in [5, 5.41) is 0. The third kappa shape index (κ3) is 0.551. The average Bonchev–Trinajstić information content (AvgIpc) is 2.12. The summed E-state index contributed by atoms with van der Waals surface area (Å²) in [6.45, 7) is 4.16. The molecular weight excluding hydrogens is 120 g/mol. The van der Waals surface area contributed by atoms with Gasteiger partial charge in [-0.15, -0.1) is 0 Å². The Labute approximate surface area is 50.0 Å². The molecule has 2 fully saturated rings. The van der Waals surface area contributed by atoms with Gasteiger partial charge in [0.05, 0.1) is 0 Å². The summed E-state index contributed by atoms with van der Waals surface area (Å²) in [5.74, 6) is -0.0320. The normalized spacial score (nSPS) is 36.8. The Morgan fingerprint density at radius 1 is 1.25 bits per heavy atom. The smallest absolute Gasteiger partial charge is 0.335 e. The van der Waals surface area contributed by atoms with Crippen molar-refractivity contribution in [2.75, 3.05) is 0 Å². The van der Waals surface area contributed by atoms with Crippen molar-refractivity contribution in [1.29, 1.82) is 0 Å². The van der Waals surface area contributed by atoms with Crippen LogP contribution in [0.5, 0.6) is 0 Å². The van der Waals surface area contributed by atoms with E-state index in [1.54, 1.807) is 0 Å². The lowest BCUT2D eigenvalue weighted by Crippen LogP contribution is -2.55. The van der Waals surface area contributed by atoms with E-state index in [1.807, 2.05) is 0 Å². The summed E-state index contributed by atoms with van der Waals surface area (Å²) >= 11 is 0. The molecule has 1 heterocycles. The van der Waals surface area contributed by atoms with Gasteiger partial charge in [-0.25, -0.2) is 0 Å². The van der Waals surface area contributed by atoms with Crippen molar-refractivity contribution in [3.05, 3.63) is 0 Å². The van der Waals surface area contributed by atoms with E-state index in [-0.39, 0.29) is 5.79 Å². The van der Waals surface area contributed by atoms with Crippen molar-refractivity contribution in [1.82, 2.24) is 0 Å². The minimum Gasteiger partial charge on any atom is -0.366 e. The Hall–Kier alpha value is 0.137. The van der Waals surface area contributed by atoms with Crippen LogP contribution in [0.4, 0.5) is 0 Å². The molecule has 0 bridgehead atoms. The van der Waals surface area contributed by atoms with E-state index in [9.17, 15) is 0 Å². The molecule has 0 atom stereocenters. The second-order valence-electron chi connectivity index (χ2n) is 3.01. The van der Waals surface area contributed by atoms with Crippen LogP contribution in [-0.2, 0) is 8.85 Å². The number of hydrogen-bond donors (Lipinski definition) is 0. The van der Waals surface area contributed by atoms with E-state index in [0.717, 1.165) is 12.8 Å². The minimum atomic E-state index is -1.52. The Bertz CT molecular complexity index is 116. The summed E-state index contributed by atoms with van der Waals surface area (Å²) in [7, 11) is -1.52. The first-order chi connectivity index (χ1) is 3.62. The lowest BCUT2D eigenvalue weighted by atomic mass is 10.7. The van der Waals surface area contributed by atoms with Crippen LogP contribution in [0.25, 0.3) is 0 Å². The summed E-state index contributed by atoms with van der Waals surface area (Å²) in [6.07, 6.45) is 2.26. The van der Waals surface area contributed by atoms with E-state index in [2.05, 4.69) is 13.1 Å². The molecule has 0 aromatic heterocycles. The molecule has 3 heteroatoms. The topological polar surface area (TPSA) is 18.5 Å². The van der Waals surface area contributed by atoms with Crippen LogP contribution in [0.2, 0.25) is 13.1 Å². The second-order valence-corrected chi connectivity index (χ2v) is 6.22. The third-order valence-corrected chi connectivity index (χ3v) is 3.25. The average molecular weight is 130 g/mol. The fourth-order valence-electron chi connectivity index (χ4n) is 1.21. The van der Waals surface area contributed by atoms with Gasteiger partial charge in [0.15, 0.2) is 5.79 Å². The lowest BCUT2D eigenvalue weighted by molar-refractivity contribution is -0.153. The van der Waals surface area contributed by atoms with E-state index < -0.39 is 8.56 Å². The van der Waals surface area contributed by atoms with Crippen molar-refractivity contribution < 1.29 is 8.85 Å². The van der Waals surface area contributed by atoms with E-state index in [4.69, 9.17) is 8.85 Å². The SMILES string of the molecule is C[Si]1(C)OC2(CC2)O1. The fraction of sp³-hybridized carbons (Fsp3) is 1.00. The Kier molecular flexibility index (Phi) is 0.641. The van der Waals surface area contributed by atoms with Crippen molar-refractivity contribution in [3.63, 3.8) is 0 Å². The molecule has 0 N–H and O–H groups in total. The number of rotatable bonds is 0. The highest BCUT2D eigenvalue weighted by molar-refractivity contribution is 6.66. The number of hydrogen-bond acceptors (Lipinski definition) is 2. The van der Waals surface area contributed by atoms with Gasteiger partial charge in [-0.05, 0) is 13.1 Å². The van der Waals surface area contributed by atoms with Crippen LogP contribution in [0.1, 0.15) is 12.8 Å². The summed E-state index contributed by atoms with van der Waals surface area (Å²) < 4.78 is 11.1. The molecule has 1 aliphatic heterocycles. The van der Waals surface area contributed by atoms with Gasteiger partial charge in [-0.2, -0.15) is 0 Å². The van der Waals surface area contributed by atoms with Crippen LogP contribution in [0.15, 0.2) is 0 Å². The minimum absolute atomic E-state index is 0.0320. The molecule has 0 amide bonds. The lowest BCUT2D eigenvalue weighted by Gasteiger charge is -2.41.